The van der Waals surface area contributed by atoms with Crippen molar-refractivity contribution in [2.45, 2.75) is 205 Å². The molecule has 2 nitrogen and oxygen atoms in total. The van der Waals surface area contributed by atoms with Gasteiger partial charge in [-0.1, -0.05) is 362 Å². The van der Waals surface area contributed by atoms with Crippen molar-refractivity contribution >= 4 is 0 Å². The van der Waals surface area contributed by atoms with Crippen molar-refractivity contribution in [3.05, 3.63) is 272 Å². The van der Waals surface area contributed by atoms with Crippen molar-refractivity contribution in [3.8, 4) is 11.1 Å². The van der Waals surface area contributed by atoms with Crippen LogP contribution in [0.2, 0.25) is 0 Å². The first kappa shape index (κ1) is 87.9. The summed E-state index contributed by atoms with van der Waals surface area (Å²) in [6.45, 7) is 51.4. The molecule has 1 N–H and O–H groups in total. The molecule has 0 aromatic heterocycles. The van der Waals surface area contributed by atoms with E-state index in [2.05, 4.69) is 282 Å². The Morgan fingerprint density at radius 3 is 0.410 bits per heavy atom. The summed E-state index contributed by atoms with van der Waals surface area (Å²) in [5.41, 5.74) is 21.4. The molecule has 0 aliphatic heterocycles. The summed E-state index contributed by atoms with van der Waals surface area (Å²) in [5, 5.41) is 7.57. The molecule has 0 fully saturated rings. The van der Waals surface area contributed by atoms with Gasteiger partial charge in [0.15, 0.2) is 0 Å². The summed E-state index contributed by atoms with van der Waals surface area (Å²) in [7, 11) is 3.25. The van der Waals surface area contributed by atoms with Crippen molar-refractivity contribution in [2.24, 2.45) is 0 Å². The van der Waals surface area contributed by atoms with Gasteiger partial charge in [-0.2, -0.15) is 0 Å². The maximum Gasteiger partial charge on any atom is 0.0402 e. The van der Waals surface area contributed by atoms with E-state index in [0.29, 0.717) is 0 Å². The zero-order valence-electron chi connectivity index (χ0n) is 58.6. The quantitative estimate of drug-likeness (QED) is 0.172. The summed E-state index contributed by atoms with van der Waals surface area (Å²) in [4.78, 5) is 0. The standard InChI is InChI=1S/3C15H16.C14H14.2C3H8.2C2H6O.6C2H6/c3*1-12-3-7-14(8-4-12)11-15-9-5-13(2)6-10-15;1-11-3-7-13(8-4-11)14-9-5-12(2)6-10-14;3*1-3-2;1-2-3;6*1-2/h3*3-10H,11H2,1-2H3;3-10H,1-2H3;2*3H2,1-2H3;1-2H3;3H,2H2,1H3;6*1-2H3. The molecule has 0 aliphatic carbocycles. The van der Waals surface area contributed by atoms with E-state index in [1.54, 1.807) is 21.1 Å². The third-order valence-electron chi connectivity index (χ3n) is 10.4. The van der Waals surface area contributed by atoms with Crippen molar-refractivity contribution < 1.29 is 9.84 Å². The average Bonchev–Trinajstić information content (AvgIpc) is 3.51. The molecule has 462 valence electrons. The Bertz CT molecular complexity index is 2070. The van der Waals surface area contributed by atoms with E-state index in [1.807, 2.05) is 83.1 Å². The number of aryl methyl sites for hydroxylation is 8. The Kier molecular flexibility index (Phi) is 68.7. The highest BCUT2D eigenvalue weighted by Gasteiger charge is 1.99. The maximum atomic E-state index is 7.57. The third-order valence-corrected chi connectivity index (χ3v) is 10.4. The molecule has 0 unspecified atom stereocenters. The predicted molar refractivity (Wildman–Crippen MR) is 383 cm³/mol. The van der Waals surface area contributed by atoms with E-state index in [1.165, 1.54) is 102 Å². The maximum absolute atomic E-state index is 7.57. The minimum Gasteiger partial charge on any atom is -0.397 e. The lowest BCUT2D eigenvalue weighted by Crippen LogP contribution is -1.88. The molecule has 0 amide bonds. The number of ether oxygens (including phenoxy) is 1. The lowest BCUT2D eigenvalue weighted by molar-refractivity contribution is 0.277. The van der Waals surface area contributed by atoms with Crippen molar-refractivity contribution in [1.29, 1.82) is 0 Å². The van der Waals surface area contributed by atoms with Gasteiger partial charge in [-0.25, -0.2) is 0 Å². The van der Waals surface area contributed by atoms with Crippen LogP contribution < -0.4 is 0 Å². The van der Waals surface area contributed by atoms with E-state index in [4.69, 9.17) is 5.11 Å². The van der Waals surface area contributed by atoms with Gasteiger partial charge >= 0.3 is 0 Å². The lowest BCUT2D eigenvalue weighted by Gasteiger charge is -2.03. The van der Waals surface area contributed by atoms with Crippen LogP contribution in [0.3, 0.4) is 0 Å². The number of hydrogen-bond acceptors (Lipinski definition) is 2. The number of aliphatic hydroxyl groups is 1. The first-order chi connectivity index (χ1) is 40.1. The molecule has 83 heavy (non-hydrogen) atoms. The molecule has 0 saturated carbocycles. The van der Waals surface area contributed by atoms with E-state index >= 15 is 0 Å². The molecular formula is C81H126O2. The molecule has 8 aromatic rings. The van der Waals surface area contributed by atoms with Gasteiger partial charge in [0.25, 0.3) is 0 Å². The van der Waals surface area contributed by atoms with Crippen LogP contribution in [0.1, 0.15) is 208 Å². The Hall–Kier alpha value is -6.32. The van der Waals surface area contributed by atoms with Crippen LogP contribution >= 0.6 is 0 Å². The van der Waals surface area contributed by atoms with Crippen LogP contribution in [-0.4, -0.2) is 25.9 Å². The fourth-order valence-electron chi connectivity index (χ4n) is 6.43. The first-order valence-corrected chi connectivity index (χ1v) is 31.6. The van der Waals surface area contributed by atoms with Crippen molar-refractivity contribution in [1.82, 2.24) is 0 Å². The zero-order valence-corrected chi connectivity index (χ0v) is 58.6. The minimum atomic E-state index is 0.250. The molecule has 2 heteroatoms. The Labute approximate surface area is 516 Å². The third kappa shape index (κ3) is 51.1. The molecular weight excluding hydrogens is 1000 g/mol. The largest absolute Gasteiger partial charge is 0.397 e. The van der Waals surface area contributed by atoms with Gasteiger partial charge in [0.05, 0.1) is 0 Å². The number of methoxy groups -OCH3 is 1. The summed E-state index contributed by atoms with van der Waals surface area (Å²) >= 11 is 0. The average molecular weight is 1130 g/mol. The van der Waals surface area contributed by atoms with E-state index in [-0.39, 0.29) is 6.61 Å². The van der Waals surface area contributed by atoms with Crippen LogP contribution in [0.15, 0.2) is 194 Å². The van der Waals surface area contributed by atoms with Crippen LogP contribution in [-0.2, 0) is 24.0 Å². The van der Waals surface area contributed by atoms with Gasteiger partial charge in [-0.05, 0) is 126 Å². The Balaban J connectivity index is -0.000000211. The second-order valence-corrected chi connectivity index (χ2v) is 18.3. The fraction of sp³-hybridized carbons (Fsp3) is 0.407. The first-order valence-electron chi connectivity index (χ1n) is 31.6. The van der Waals surface area contributed by atoms with Crippen molar-refractivity contribution in [2.75, 3.05) is 20.8 Å². The summed E-state index contributed by atoms with van der Waals surface area (Å²) in [5.74, 6) is 0. The van der Waals surface area contributed by atoms with Crippen LogP contribution in [0.25, 0.3) is 11.1 Å². The zero-order chi connectivity index (χ0) is 64.8. The van der Waals surface area contributed by atoms with Crippen molar-refractivity contribution in [3.63, 3.8) is 0 Å². The predicted octanol–water partition coefficient (Wildman–Crippen LogP) is 24.9. The highest BCUT2D eigenvalue weighted by Crippen LogP contribution is 2.20. The van der Waals surface area contributed by atoms with Crippen LogP contribution in [0.4, 0.5) is 0 Å². The molecule has 0 saturated heterocycles. The molecule has 0 aliphatic rings. The molecule has 0 heterocycles. The normalized spacial score (nSPS) is 8.58. The molecule has 0 radical (unpaired) electrons. The Morgan fingerprint density at radius 2 is 0.313 bits per heavy atom. The number of aliphatic hydroxyl groups excluding tert-OH is 1. The second kappa shape index (κ2) is 64.8. The van der Waals surface area contributed by atoms with E-state index < -0.39 is 0 Å². The topological polar surface area (TPSA) is 29.5 Å². The monoisotopic (exact) mass is 1130 g/mol. The van der Waals surface area contributed by atoms with Crippen LogP contribution in [0, 0.1) is 55.4 Å². The van der Waals surface area contributed by atoms with Gasteiger partial charge in [-0.15, -0.1) is 0 Å². The van der Waals surface area contributed by atoms with Gasteiger partial charge in [-0.3, -0.25) is 0 Å². The molecule has 0 bridgehead atoms. The fourth-order valence-corrected chi connectivity index (χ4v) is 6.43. The summed E-state index contributed by atoms with van der Waals surface area (Å²) in [6.07, 6.45) is 5.58. The highest BCUT2D eigenvalue weighted by atomic mass is 16.4. The SMILES string of the molecule is CC.CC.CC.CC.CC.CC.CCC.CCC.CCO.COC.Cc1ccc(-c2ccc(C)cc2)cc1.Cc1ccc(Cc2ccc(C)cc2)cc1.Cc1ccc(Cc2ccc(C)cc2)cc1.Cc1ccc(Cc2ccc(C)cc2)cc1. The van der Waals surface area contributed by atoms with Crippen LogP contribution in [0.5, 0.6) is 0 Å². The lowest BCUT2D eigenvalue weighted by atomic mass is 10.0. The van der Waals surface area contributed by atoms with E-state index in [0.717, 1.165) is 19.3 Å². The molecule has 0 atom stereocenters. The van der Waals surface area contributed by atoms with Gasteiger partial charge < -0.3 is 9.84 Å². The van der Waals surface area contributed by atoms with Gasteiger partial charge in [0.1, 0.15) is 0 Å². The number of benzene rings is 8. The van der Waals surface area contributed by atoms with E-state index in [9.17, 15) is 0 Å². The molecule has 8 rings (SSSR count). The Morgan fingerprint density at radius 1 is 0.229 bits per heavy atom. The van der Waals surface area contributed by atoms with Gasteiger partial charge in [0, 0.05) is 20.8 Å². The summed E-state index contributed by atoms with van der Waals surface area (Å²) in [6, 6.07) is 69.7. The van der Waals surface area contributed by atoms with Gasteiger partial charge in [0.2, 0.25) is 0 Å². The number of rotatable bonds is 7. The minimum absolute atomic E-state index is 0.250. The molecule has 8 aromatic carbocycles. The molecule has 0 spiro atoms. The summed E-state index contributed by atoms with van der Waals surface area (Å²) < 4.78 is 4.25. The number of hydrogen-bond donors (Lipinski definition) is 1. The highest BCUT2D eigenvalue weighted by molar-refractivity contribution is 5.63. The smallest absolute Gasteiger partial charge is 0.0402 e. The second-order valence-electron chi connectivity index (χ2n) is 18.3.